The number of hydrogen-bond acceptors (Lipinski definition) is 6. The van der Waals surface area contributed by atoms with E-state index in [4.69, 9.17) is 0 Å². The molecule has 3 aromatic heterocycles. The van der Waals surface area contributed by atoms with Gasteiger partial charge >= 0.3 is 0 Å². The van der Waals surface area contributed by atoms with Gasteiger partial charge in [-0.25, -0.2) is 4.52 Å². The Morgan fingerprint density at radius 2 is 1.55 bits per heavy atom. The Morgan fingerprint density at radius 3 is 2.23 bits per heavy atom. The number of nitro groups is 1. The number of nitro benzene ring substituents is 1. The number of fused-ring (bicyclic) bond motifs is 3. The molecule has 0 radical (unpaired) electrons. The SMILES string of the molecule is O=[N+]([O-])c1ccc(-c2nnc3ccc4nnc(Br)n4n23)cc1. The fraction of sp³-hybridized carbons (Fsp3) is 0. The summed E-state index contributed by atoms with van der Waals surface area (Å²) in [6.07, 6.45) is 0. The zero-order chi connectivity index (χ0) is 15.3. The number of rotatable bonds is 2. The topological polar surface area (TPSA) is 104 Å². The Kier molecular flexibility index (Phi) is 2.66. The van der Waals surface area contributed by atoms with E-state index in [0.29, 0.717) is 27.4 Å². The van der Waals surface area contributed by atoms with Crippen molar-refractivity contribution in [2.24, 2.45) is 0 Å². The Labute approximate surface area is 130 Å². The van der Waals surface area contributed by atoms with Crippen LogP contribution in [-0.2, 0) is 0 Å². The quantitative estimate of drug-likeness (QED) is 0.401. The number of nitrogens with zero attached hydrogens (tertiary/aromatic N) is 7. The summed E-state index contributed by atoms with van der Waals surface area (Å²) in [4.78, 5) is 10.3. The van der Waals surface area contributed by atoms with Crippen molar-refractivity contribution >= 4 is 32.9 Å². The standard InChI is InChI=1S/C12H6BrN7O2/c13-12-17-15-10-6-5-9-14-16-11(18(9)19(10)12)7-1-3-8(4-2-7)20(21)22/h1-6H. The molecule has 0 saturated heterocycles. The molecule has 0 aliphatic rings. The van der Waals surface area contributed by atoms with Crippen LogP contribution in [0.5, 0.6) is 0 Å². The lowest BCUT2D eigenvalue weighted by atomic mass is 10.2. The van der Waals surface area contributed by atoms with Crippen LogP contribution >= 0.6 is 15.9 Å². The Bertz CT molecular complexity index is 1020. The molecule has 0 saturated carbocycles. The van der Waals surface area contributed by atoms with Gasteiger partial charge in [-0.2, -0.15) is 4.52 Å². The zero-order valence-electron chi connectivity index (χ0n) is 10.8. The van der Waals surface area contributed by atoms with Gasteiger partial charge in [-0.15, -0.1) is 20.4 Å². The average molecular weight is 360 g/mol. The maximum atomic E-state index is 10.7. The van der Waals surface area contributed by atoms with E-state index in [-0.39, 0.29) is 5.69 Å². The Morgan fingerprint density at radius 1 is 0.909 bits per heavy atom. The number of aromatic nitrogens is 6. The first kappa shape index (κ1) is 12.8. The predicted molar refractivity (Wildman–Crippen MR) is 79.3 cm³/mol. The van der Waals surface area contributed by atoms with Gasteiger partial charge < -0.3 is 0 Å². The first-order chi connectivity index (χ1) is 10.6. The first-order valence-corrected chi connectivity index (χ1v) is 6.94. The lowest BCUT2D eigenvalue weighted by Gasteiger charge is -2.03. The van der Waals surface area contributed by atoms with E-state index < -0.39 is 4.92 Å². The Balaban J connectivity index is 2.00. The first-order valence-electron chi connectivity index (χ1n) is 6.15. The minimum absolute atomic E-state index is 0.0215. The van der Waals surface area contributed by atoms with Crippen molar-refractivity contribution in [2.45, 2.75) is 0 Å². The maximum Gasteiger partial charge on any atom is 0.269 e. The molecule has 10 heteroatoms. The zero-order valence-corrected chi connectivity index (χ0v) is 12.4. The molecule has 0 amide bonds. The summed E-state index contributed by atoms with van der Waals surface area (Å²) in [5.41, 5.74) is 1.96. The summed E-state index contributed by atoms with van der Waals surface area (Å²) in [7, 11) is 0. The molecule has 22 heavy (non-hydrogen) atoms. The van der Waals surface area contributed by atoms with E-state index in [2.05, 4.69) is 36.3 Å². The van der Waals surface area contributed by atoms with Crippen molar-refractivity contribution in [2.75, 3.05) is 0 Å². The van der Waals surface area contributed by atoms with Gasteiger partial charge in [0.1, 0.15) is 0 Å². The van der Waals surface area contributed by atoms with Gasteiger partial charge in [0.15, 0.2) is 17.1 Å². The highest BCUT2D eigenvalue weighted by atomic mass is 79.9. The smallest absolute Gasteiger partial charge is 0.258 e. The minimum atomic E-state index is -0.444. The summed E-state index contributed by atoms with van der Waals surface area (Å²) < 4.78 is 3.96. The van der Waals surface area contributed by atoms with E-state index in [1.807, 2.05) is 0 Å². The molecule has 108 valence electrons. The largest absolute Gasteiger partial charge is 0.269 e. The second-order valence-corrected chi connectivity index (χ2v) is 5.18. The average Bonchev–Trinajstić information content (AvgIpc) is 3.11. The summed E-state index contributed by atoms with van der Waals surface area (Å²) >= 11 is 3.33. The van der Waals surface area contributed by atoms with Crippen molar-refractivity contribution in [1.82, 2.24) is 29.4 Å². The minimum Gasteiger partial charge on any atom is -0.258 e. The molecule has 0 aliphatic carbocycles. The predicted octanol–water partition coefficient (Wildman–Crippen LogP) is 2.11. The van der Waals surface area contributed by atoms with Crippen LogP contribution in [0.25, 0.3) is 22.7 Å². The van der Waals surface area contributed by atoms with E-state index in [1.54, 1.807) is 33.3 Å². The van der Waals surface area contributed by atoms with E-state index in [0.717, 1.165) is 0 Å². The molecular formula is C12H6BrN7O2. The second-order valence-electron chi connectivity index (χ2n) is 4.47. The summed E-state index contributed by atoms with van der Waals surface area (Å²) in [5.74, 6) is 0.538. The van der Waals surface area contributed by atoms with Crippen molar-refractivity contribution in [3.63, 3.8) is 0 Å². The van der Waals surface area contributed by atoms with Gasteiger partial charge in [-0.3, -0.25) is 10.1 Å². The molecule has 4 aromatic rings. The maximum absolute atomic E-state index is 10.7. The van der Waals surface area contributed by atoms with Crippen LogP contribution in [0.4, 0.5) is 5.69 Å². The third-order valence-electron chi connectivity index (χ3n) is 3.21. The molecule has 0 bridgehead atoms. The van der Waals surface area contributed by atoms with E-state index in [9.17, 15) is 10.1 Å². The number of halogens is 1. The van der Waals surface area contributed by atoms with Crippen LogP contribution in [0.15, 0.2) is 41.1 Å². The molecule has 0 spiro atoms. The van der Waals surface area contributed by atoms with Gasteiger partial charge in [0.2, 0.25) is 4.73 Å². The molecule has 1 aromatic carbocycles. The normalized spacial score (nSPS) is 11.3. The molecule has 9 nitrogen and oxygen atoms in total. The van der Waals surface area contributed by atoms with Crippen LogP contribution in [0.1, 0.15) is 0 Å². The molecule has 0 fully saturated rings. The van der Waals surface area contributed by atoms with Crippen molar-refractivity contribution in [3.05, 3.63) is 51.2 Å². The van der Waals surface area contributed by atoms with Gasteiger partial charge in [-0.1, -0.05) is 0 Å². The van der Waals surface area contributed by atoms with E-state index >= 15 is 0 Å². The van der Waals surface area contributed by atoms with Crippen LogP contribution in [-0.4, -0.2) is 34.3 Å². The molecular weight excluding hydrogens is 354 g/mol. The number of hydrogen-bond donors (Lipinski definition) is 0. The highest BCUT2D eigenvalue weighted by Crippen LogP contribution is 2.23. The number of benzene rings is 1. The lowest BCUT2D eigenvalue weighted by molar-refractivity contribution is -0.384. The fourth-order valence-electron chi connectivity index (χ4n) is 2.21. The second kappa shape index (κ2) is 4.56. The summed E-state index contributed by atoms with van der Waals surface area (Å²) in [6.45, 7) is 0. The highest BCUT2D eigenvalue weighted by Gasteiger charge is 2.15. The van der Waals surface area contributed by atoms with E-state index in [1.165, 1.54) is 12.1 Å². The summed E-state index contributed by atoms with van der Waals surface area (Å²) in [6, 6.07) is 9.67. The highest BCUT2D eigenvalue weighted by molar-refractivity contribution is 9.10. The molecule has 0 N–H and O–H groups in total. The van der Waals surface area contributed by atoms with Crippen LogP contribution < -0.4 is 0 Å². The summed E-state index contributed by atoms with van der Waals surface area (Å²) in [5, 5.41) is 27.0. The third kappa shape index (κ3) is 1.77. The monoisotopic (exact) mass is 359 g/mol. The molecule has 4 rings (SSSR count). The molecule has 0 unspecified atom stereocenters. The van der Waals surface area contributed by atoms with Crippen molar-refractivity contribution < 1.29 is 4.92 Å². The molecule has 0 aliphatic heterocycles. The van der Waals surface area contributed by atoms with Crippen LogP contribution in [0.2, 0.25) is 0 Å². The van der Waals surface area contributed by atoms with Gasteiger partial charge in [0, 0.05) is 17.7 Å². The van der Waals surface area contributed by atoms with Crippen LogP contribution in [0, 0.1) is 10.1 Å². The molecule has 3 heterocycles. The lowest BCUT2D eigenvalue weighted by Crippen LogP contribution is -2.02. The van der Waals surface area contributed by atoms with Gasteiger partial charge in [-0.05, 0) is 40.2 Å². The van der Waals surface area contributed by atoms with Crippen molar-refractivity contribution in [1.29, 1.82) is 0 Å². The fourth-order valence-corrected chi connectivity index (χ4v) is 2.63. The van der Waals surface area contributed by atoms with Crippen LogP contribution in [0.3, 0.4) is 0 Å². The third-order valence-corrected chi connectivity index (χ3v) is 3.70. The Hall–Kier alpha value is -2.88. The van der Waals surface area contributed by atoms with Gasteiger partial charge in [0.05, 0.1) is 4.92 Å². The number of non-ortho nitro benzene ring substituents is 1. The molecule has 0 atom stereocenters. The van der Waals surface area contributed by atoms with Gasteiger partial charge in [0.25, 0.3) is 5.69 Å². The van der Waals surface area contributed by atoms with Crippen molar-refractivity contribution in [3.8, 4) is 11.4 Å².